The molecule has 8 heteroatoms. The number of likely N-dealkylation sites (N-methyl/N-ethyl adjacent to an activating group) is 1. The molecule has 0 aliphatic carbocycles. The summed E-state index contributed by atoms with van der Waals surface area (Å²) in [7, 11) is -2.26. The molecule has 0 fully saturated rings. The number of benzene rings is 3. The molecule has 2 amide bonds. The van der Waals surface area contributed by atoms with Crippen molar-refractivity contribution in [2.45, 2.75) is 32.9 Å². The van der Waals surface area contributed by atoms with Crippen LogP contribution in [0.25, 0.3) is 10.8 Å². The number of amides is 2. The van der Waals surface area contributed by atoms with Crippen LogP contribution in [0.2, 0.25) is 0 Å². The van der Waals surface area contributed by atoms with Gasteiger partial charge in [0.15, 0.2) is 0 Å². The third kappa shape index (κ3) is 5.75. The molecule has 34 heavy (non-hydrogen) atoms. The van der Waals surface area contributed by atoms with Crippen LogP contribution in [0.4, 0.5) is 5.69 Å². The summed E-state index contributed by atoms with van der Waals surface area (Å²) in [5.41, 5.74) is 2.37. The summed E-state index contributed by atoms with van der Waals surface area (Å²) in [6.07, 6.45) is 1.48. The molecule has 0 aliphatic rings. The Hall–Kier alpha value is -3.39. The molecule has 3 aromatic carbocycles. The molecule has 0 unspecified atom stereocenters. The molecule has 1 atom stereocenters. The fourth-order valence-electron chi connectivity index (χ4n) is 4.00. The van der Waals surface area contributed by atoms with E-state index < -0.39 is 28.5 Å². The Labute approximate surface area is 201 Å². The highest BCUT2D eigenvalue weighted by Gasteiger charge is 2.31. The minimum atomic E-state index is -3.79. The number of sulfonamides is 1. The molecular formula is C26H31N3O4S. The summed E-state index contributed by atoms with van der Waals surface area (Å²) in [5, 5.41) is 4.22. The van der Waals surface area contributed by atoms with Gasteiger partial charge >= 0.3 is 0 Å². The lowest BCUT2D eigenvalue weighted by atomic mass is 10.1. The van der Waals surface area contributed by atoms with E-state index in [4.69, 9.17) is 0 Å². The van der Waals surface area contributed by atoms with Crippen LogP contribution in [0, 0.1) is 6.92 Å². The first-order chi connectivity index (χ1) is 16.2. The van der Waals surface area contributed by atoms with Crippen molar-refractivity contribution in [2.24, 2.45) is 0 Å². The fraction of sp³-hybridized carbons (Fsp3) is 0.308. The summed E-state index contributed by atoms with van der Waals surface area (Å²) in [6.45, 7) is 3.58. The van der Waals surface area contributed by atoms with Crippen LogP contribution >= 0.6 is 0 Å². The van der Waals surface area contributed by atoms with Gasteiger partial charge in [-0.3, -0.25) is 13.9 Å². The van der Waals surface area contributed by atoms with Gasteiger partial charge in [-0.15, -0.1) is 0 Å². The van der Waals surface area contributed by atoms with E-state index in [-0.39, 0.29) is 12.5 Å². The molecule has 3 aromatic rings. The van der Waals surface area contributed by atoms with Crippen molar-refractivity contribution in [1.82, 2.24) is 10.2 Å². The van der Waals surface area contributed by atoms with E-state index in [0.717, 1.165) is 32.5 Å². The molecule has 3 rings (SSSR count). The smallest absolute Gasteiger partial charge is 0.244 e. The van der Waals surface area contributed by atoms with Gasteiger partial charge in [0.25, 0.3) is 0 Å². The van der Waals surface area contributed by atoms with Gasteiger partial charge in [-0.2, -0.15) is 0 Å². The van der Waals surface area contributed by atoms with Crippen molar-refractivity contribution in [1.29, 1.82) is 0 Å². The van der Waals surface area contributed by atoms with Crippen LogP contribution in [-0.4, -0.2) is 51.0 Å². The summed E-state index contributed by atoms with van der Waals surface area (Å²) >= 11 is 0. The highest BCUT2D eigenvalue weighted by atomic mass is 32.2. The Bertz CT molecular complexity index is 1270. The first-order valence-corrected chi connectivity index (χ1v) is 13.0. The van der Waals surface area contributed by atoms with Gasteiger partial charge in [0.1, 0.15) is 12.6 Å². The van der Waals surface area contributed by atoms with E-state index in [0.29, 0.717) is 12.1 Å². The van der Waals surface area contributed by atoms with Crippen molar-refractivity contribution >= 4 is 38.3 Å². The third-order valence-corrected chi connectivity index (χ3v) is 6.95. The number of hydrogen-bond donors (Lipinski definition) is 1. The quantitative estimate of drug-likeness (QED) is 0.507. The number of anilines is 1. The Morgan fingerprint density at radius 2 is 1.62 bits per heavy atom. The second-order valence-corrected chi connectivity index (χ2v) is 10.2. The lowest BCUT2D eigenvalue weighted by Gasteiger charge is -2.32. The lowest BCUT2D eigenvalue weighted by Crippen LogP contribution is -2.51. The Morgan fingerprint density at radius 3 is 2.24 bits per heavy atom. The van der Waals surface area contributed by atoms with Crippen molar-refractivity contribution < 1.29 is 18.0 Å². The second kappa shape index (κ2) is 10.7. The SMILES string of the molecule is CC[C@H](C(=O)NC)N(Cc1ccc(C)cc1)C(=O)CN(c1cccc2ccccc12)S(C)(=O)=O. The van der Waals surface area contributed by atoms with Crippen LogP contribution in [0.3, 0.4) is 0 Å². The number of aryl methyl sites for hydroxylation is 1. The molecule has 7 nitrogen and oxygen atoms in total. The second-order valence-electron chi connectivity index (χ2n) is 8.31. The van der Waals surface area contributed by atoms with E-state index >= 15 is 0 Å². The predicted octanol–water partition coefficient (Wildman–Crippen LogP) is 3.47. The third-order valence-electron chi connectivity index (χ3n) is 5.82. The van der Waals surface area contributed by atoms with E-state index in [2.05, 4.69) is 5.32 Å². The maximum atomic E-state index is 13.6. The molecule has 0 saturated heterocycles. The summed E-state index contributed by atoms with van der Waals surface area (Å²) in [5.74, 6) is -0.742. The fourth-order valence-corrected chi connectivity index (χ4v) is 4.86. The Balaban J connectivity index is 2.02. The van der Waals surface area contributed by atoms with Crippen molar-refractivity contribution in [2.75, 3.05) is 24.2 Å². The van der Waals surface area contributed by atoms with E-state index in [9.17, 15) is 18.0 Å². The van der Waals surface area contributed by atoms with Crippen molar-refractivity contribution in [3.8, 4) is 0 Å². The largest absolute Gasteiger partial charge is 0.357 e. The van der Waals surface area contributed by atoms with E-state index in [1.807, 2.05) is 68.4 Å². The molecule has 1 N–H and O–H groups in total. The zero-order valence-corrected chi connectivity index (χ0v) is 20.8. The maximum Gasteiger partial charge on any atom is 0.244 e. The Morgan fingerprint density at radius 1 is 0.971 bits per heavy atom. The molecular weight excluding hydrogens is 450 g/mol. The number of nitrogens with one attached hydrogen (secondary N) is 1. The number of hydrogen-bond acceptors (Lipinski definition) is 4. The van der Waals surface area contributed by atoms with Gasteiger partial charge in [-0.1, -0.05) is 73.2 Å². The monoisotopic (exact) mass is 481 g/mol. The van der Waals surface area contributed by atoms with Crippen LogP contribution in [0.5, 0.6) is 0 Å². The van der Waals surface area contributed by atoms with Gasteiger partial charge in [-0.05, 0) is 30.4 Å². The normalized spacial score (nSPS) is 12.2. The molecule has 0 bridgehead atoms. The highest BCUT2D eigenvalue weighted by Crippen LogP contribution is 2.28. The van der Waals surface area contributed by atoms with Gasteiger partial charge in [0.05, 0.1) is 11.9 Å². The highest BCUT2D eigenvalue weighted by molar-refractivity contribution is 7.92. The van der Waals surface area contributed by atoms with Gasteiger partial charge < -0.3 is 10.2 Å². The van der Waals surface area contributed by atoms with Crippen LogP contribution in [0.1, 0.15) is 24.5 Å². The first kappa shape index (κ1) is 25.2. The average Bonchev–Trinajstić information content (AvgIpc) is 2.82. The van der Waals surface area contributed by atoms with Gasteiger partial charge in [-0.25, -0.2) is 8.42 Å². The number of carbonyl (C=O) groups is 2. The standard InChI is InChI=1S/C26H31N3O4S/c1-5-23(26(31)27-3)28(17-20-15-13-19(2)14-16-20)25(30)18-29(34(4,32)33)24-12-8-10-21-9-6-7-11-22(21)24/h6-16,23H,5,17-18H2,1-4H3,(H,27,31)/t23-/m1/s1. The molecule has 0 spiro atoms. The topological polar surface area (TPSA) is 86.8 Å². The Kier molecular flexibility index (Phi) is 7.94. The van der Waals surface area contributed by atoms with Crippen LogP contribution in [0.15, 0.2) is 66.7 Å². The summed E-state index contributed by atoms with van der Waals surface area (Å²) < 4.78 is 26.8. The molecule has 0 radical (unpaired) electrons. The van der Waals surface area contributed by atoms with E-state index in [1.54, 1.807) is 12.1 Å². The lowest BCUT2D eigenvalue weighted by molar-refractivity contribution is -0.140. The predicted molar refractivity (Wildman–Crippen MR) is 136 cm³/mol. The van der Waals surface area contributed by atoms with E-state index in [1.165, 1.54) is 11.9 Å². The van der Waals surface area contributed by atoms with Gasteiger partial charge in [0.2, 0.25) is 21.8 Å². The number of fused-ring (bicyclic) bond motifs is 1. The molecule has 180 valence electrons. The minimum absolute atomic E-state index is 0.193. The zero-order valence-electron chi connectivity index (χ0n) is 20.0. The van der Waals surface area contributed by atoms with Crippen LogP contribution < -0.4 is 9.62 Å². The molecule has 0 heterocycles. The summed E-state index contributed by atoms with van der Waals surface area (Å²) in [4.78, 5) is 27.7. The van der Waals surface area contributed by atoms with Crippen LogP contribution in [-0.2, 0) is 26.2 Å². The summed E-state index contributed by atoms with van der Waals surface area (Å²) in [6, 6.07) is 19.8. The molecule has 0 aliphatic heterocycles. The number of nitrogens with zero attached hydrogens (tertiary/aromatic N) is 2. The maximum absolute atomic E-state index is 13.6. The van der Waals surface area contributed by atoms with Gasteiger partial charge in [0, 0.05) is 19.0 Å². The minimum Gasteiger partial charge on any atom is -0.357 e. The first-order valence-electron chi connectivity index (χ1n) is 11.2. The van der Waals surface area contributed by atoms with Crippen molar-refractivity contribution in [3.63, 3.8) is 0 Å². The average molecular weight is 482 g/mol. The number of rotatable bonds is 9. The number of carbonyl (C=O) groups excluding carboxylic acids is 2. The molecule has 0 saturated carbocycles. The zero-order chi connectivity index (χ0) is 24.9. The van der Waals surface area contributed by atoms with Crippen molar-refractivity contribution in [3.05, 3.63) is 77.9 Å². The molecule has 0 aromatic heterocycles.